The SMILES string of the molecule is C[C@@]12C[C@@H]1N(C(=O)CNC(=O)c1ccc(Oc3ccccc3)cc1)[C@H](C(N)=O)C2. The molecule has 7 heteroatoms. The molecule has 0 spiro atoms. The summed E-state index contributed by atoms with van der Waals surface area (Å²) in [4.78, 5) is 38.2. The Hall–Kier alpha value is -3.35. The highest BCUT2D eigenvalue weighted by atomic mass is 16.5. The van der Waals surface area contributed by atoms with E-state index in [0.717, 1.165) is 6.42 Å². The fourth-order valence-corrected chi connectivity index (χ4v) is 4.03. The fraction of sp³-hybridized carbons (Fsp3) is 0.318. The maximum Gasteiger partial charge on any atom is 0.251 e. The molecule has 4 rings (SSSR count). The van der Waals surface area contributed by atoms with E-state index in [0.29, 0.717) is 23.5 Å². The molecule has 3 amide bonds. The molecule has 1 saturated carbocycles. The van der Waals surface area contributed by atoms with E-state index in [9.17, 15) is 14.4 Å². The van der Waals surface area contributed by atoms with Gasteiger partial charge in [-0.3, -0.25) is 14.4 Å². The first-order valence-electron chi connectivity index (χ1n) is 9.59. The quantitative estimate of drug-likeness (QED) is 0.784. The fourth-order valence-electron chi connectivity index (χ4n) is 4.03. The van der Waals surface area contributed by atoms with Gasteiger partial charge in [0.2, 0.25) is 11.8 Å². The minimum Gasteiger partial charge on any atom is -0.457 e. The van der Waals surface area contributed by atoms with E-state index in [1.165, 1.54) is 0 Å². The van der Waals surface area contributed by atoms with Crippen molar-refractivity contribution in [1.82, 2.24) is 10.2 Å². The first-order valence-corrected chi connectivity index (χ1v) is 9.59. The molecule has 7 nitrogen and oxygen atoms in total. The van der Waals surface area contributed by atoms with Crippen LogP contribution in [-0.2, 0) is 9.59 Å². The number of hydrogen-bond donors (Lipinski definition) is 2. The Morgan fingerprint density at radius 1 is 1.07 bits per heavy atom. The second-order valence-electron chi connectivity index (χ2n) is 7.92. The molecule has 2 fully saturated rings. The van der Waals surface area contributed by atoms with Crippen LogP contribution in [0.15, 0.2) is 54.6 Å². The van der Waals surface area contributed by atoms with Crippen molar-refractivity contribution in [3.63, 3.8) is 0 Å². The number of para-hydroxylation sites is 1. The van der Waals surface area contributed by atoms with Crippen molar-refractivity contribution in [2.75, 3.05) is 6.54 Å². The first kappa shape index (κ1) is 19.0. The predicted octanol–water partition coefficient (Wildman–Crippen LogP) is 2.07. The summed E-state index contributed by atoms with van der Waals surface area (Å²) >= 11 is 0. The minimum atomic E-state index is -0.586. The zero-order valence-electron chi connectivity index (χ0n) is 16.1. The van der Waals surface area contributed by atoms with Crippen LogP contribution in [0.2, 0.25) is 0 Å². The summed E-state index contributed by atoms with van der Waals surface area (Å²) in [5.74, 6) is 0.178. The van der Waals surface area contributed by atoms with Gasteiger partial charge >= 0.3 is 0 Å². The number of carbonyl (C=O) groups excluding carboxylic acids is 3. The van der Waals surface area contributed by atoms with Gasteiger partial charge in [0, 0.05) is 11.6 Å². The minimum absolute atomic E-state index is 0.0199. The summed E-state index contributed by atoms with van der Waals surface area (Å²) in [5.41, 5.74) is 5.85. The number of rotatable bonds is 6. The van der Waals surface area contributed by atoms with E-state index in [1.807, 2.05) is 30.3 Å². The standard InChI is InChI=1S/C22H23N3O4/c1-22-11-17(20(23)27)25(18(22)12-22)19(26)13-24-21(28)14-7-9-16(10-8-14)29-15-5-3-2-4-6-15/h2-10,17-18H,11-13H2,1H3,(H2,23,27)(H,24,28)/t17-,18-,22+/m0/s1. The summed E-state index contributed by atoms with van der Waals surface area (Å²) in [6, 6.07) is 15.5. The number of benzene rings is 2. The molecule has 29 heavy (non-hydrogen) atoms. The van der Waals surface area contributed by atoms with Crippen LogP contribution in [0.4, 0.5) is 0 Å². The third-order valence-corrected chi connectivity index (χ3v) is 5.75. The monoisotopic (exact) mass is 393 g/mol. The van der Waals surface area contributed by atoms with Crippen molar-refractivity contribution < 1.29 is 19.1 Å². The summed E-state index contributed by atoms with van der Waals surface area (Å²) in [5, 5.41) is 2.63. The van der Waals surface area contributed by atoms with Crippen LogP contribution in [0.1, 0.15) is 30.1 Å². The Labute approximate surface area is 168 Å². The van der Waals surface area contributed by atoms with Crippen LogP contribution in [0.3, 0.4) is 0 Å². The van der Waals surface area contributed by atoms with Gasteiger partial charge in [-0.2, -0.15) is 0 Å². The highest BCUT2D eigenvalue weighted by molar-refractivity contribution is 5.97. The molecular weight excluding hydrogens is 370 g/mol. The van der Waals surface area contributed by atoms with Gasteiger partial charge in [0.05, 0.1) is 6.54 Å². The molecule has 0 unspecified atom stereocenters. The third kappa shape index (κ3) is 3.81. The van der Waals surface area contributed by atoms with Crippen LogP contribution in [-0.4, -0.2) is 41.2 Å². The van der Waals surface area contributed by atoms with E-state index in [4.69, 9.17) is 10.5 Å². The number of nitrogens with one attached hydrogen (secondary N) is 1. The topological polar surface area (TPSA) is 102 Å². The number of nitrogens with zero attached hydrogens (tertiary/aromatic N) is 1. The molecule has 1 saturated heterocycles. The van der Waals surface area contributed by atoms with E-state index in [-0.39, 0.29) is 29.8 Å². The van der Waals surface area contributed by atoms with Gasteiger partial charge < -0.3 is 20.7 Å². The van der Waals surface area contributed by atoms with E-state index < -0.39 is 11.9 Å². The van der Waals surface area contributed by atoms with Gasteiger partial charge in [0.25, 0.3) is 5.91 Å². The second-order valence-corrected chi connectivity index (χ2v) is 7.92. The molecule has 1 aliphatic carbocycles. The van der Waals surface area contributed by atoms with Gasteiger partial charge in [-0.05, 0) is 54.7 Å². The summed E-state index contributed by atoms with van der Waals surface area (Å²) in [7, 11) is 0. The van der Waals surface area contributed by atoms with E-state index in [2.05, 4.69) is 12.2 Å². The number of ether oxygens (including phenoxy) is 1. The number of piperidine rings is 1. The van der Waals surface area contributed by atoms with Crippen LogP contribution >= 0.6 is 0 Å². The van der Waals surface area contributed by atoms with Crippen molar-refractivity contribution >= 4 is 17.7 Å². The zero-order valence-corrected chi connectivity index (χ0v) is 16.1. The molecule has 150 valence electrons. The second kappa shape index (κ2) is 7.24. The molecule has 3 N–H and O–H groups in total. The molecule has 2 aliphatic rings. The average Bonchev–Trinajstić information content (AvgIpc) is 3.27. The number of hydrogen-bond acceptors (Lipinski definition) is 4. The van der Waals surface area contributed by atoms with Crippen molar-refractivity contribution in [3.05, 3.63) is 60.2 Å². The van der Waals surface area contributed by atoms with Crippen molar-refractivity contribution in [1.29, 1.82) is 0 Å². The van der Waals surface area contributed by atoms with Crippen molar-refractivity contribution in [3.8, 4) is 11.5 Å². The molecule has 0 radical (unpaired) electrons. The molecule has 2 aromatic carbocycles. The van der Waals surface area contributed by atoms with E-state index >= 15 is 0 Å². The summed E-state index contributed by atoms with van der Waals surface area (Å²) in [6.07, 6.45) is 1.47. The Morgan fingerprint density at radius 3 is 2.38 bits per heavy atom. The van der Waals surface area contributed by atoms with Gasteiger partial charge in [0.1, 0.15) is 17.5 Å². The highest BCUT2D eigenvalue weighted by Gasteiger charge is 2.63. The third-order valence-electron chi connectivity index (χ3n) is 5.75. The van der Waals surface area contributed by atoms with Crippen LogP contribution in [0.5, 0.6) is 11.5 Å². The molecule has 1 heterocycles. The summed E-state index contributed by atoms with van der Waals surface area (Å²) < 4.78 is 5.70. The summed E-state index contributed by atoms with van der Waals surface area (Å²) in [6.45, 7) is 1.88. The number of amides is 3. The van der Waals surface area contributed by atoms with Gasteiger partial charge in [-0.15, -0.1) is 0 Å². The van der Waals surface area contributed by atoms with Gasteiger partial charge in [0.15, 0.2) is 0 Å². The molecule has 0 bridgehead atoms. The van der Waals surface area contributed by atoms with Crippen molar-refractivity contribution in [2.24, 2.45) is 11.1 Å². The Balaban J connectivity index is 1.34. The number of carbonyl (C=O) groups is 3. The molecular formula is C22H23N3O4. The van der Waals surface area contributed by atoms with Gasteiger partial charge in [-0.25, -0.2) is 0 Å². The number of likely N-dealkylation sites (tertiary alicyclic amines) is 1. The largest absolute Gasteiger partial charge is 0.457 e. The molecule has 3 atom stereocenters. The zero-order chi connectivity index (χ0) is 20.6. The van der Waals surface area contributed by atoms with Crippen LogP contribution in [0.25, 0.3) is 0 Å². The van der Waals surface area contributed by atoms with Crippen LogP contribution < -0.4 is 15.8 Å². The Morgan fingerprint density at radius 2 is 1.72 bits per heavy atom. The smallest absolute Gasteiger partial charge is 0.251 e. The average molecular weight is 393 g/mol. The lowest BCUT2D eigenvalue weighted by Gasteiger charge is -2.25. The molecule has 0 aromatic heterocycles. The lowest BCUT2D eigenvalue weighted by Crippen LogP contribution is -2.49. The maximum absolute atomic E-state index is 12.6. The number of fused-ring (bicyclic) bond motifs is 1. The lowest BCUT2D eigenvalue weighted by atomic mass is 10.0. The van der Waals surface area contributed by atoms with Crippen LogP contribution in [0, 0.1) is 5.41 Å². The van der Waals surface area contributed by atoms with E-state index in [1.54, 1.807) is 29.2 Å². The highest BCUT2D eigenvalue weighted by Crippen LogP contribution is 2.58. The Kier molecular flexibility index (Phi) is 4.74. The molecule has 2 aromatic rings. The lowest BCUT2D eigenvalue weighted by molar-refractivity contribution is -0.137. The van der Waals surface area contributed by atoms with Gasteiger partial charge in [-0.1, -0.05) is 25.1 Å². The maximum atomic E-state index is 12.6. The molecule has 1 aliphatic heterocycles. The predicted molar refractivity (Wildman–Crippen MR) is 106 cm³/mol. The normalized spacial score (nSPS) is 24.5. The number of nitrogens with two attached hydrogens (primary N) is 1. The first-order chi connectivity index (χ1) is 13.9. The number of primary amides is 1. The van der Waals surface area contributed by atoms with Crippen molar-refractivity contribution in [2.45, 2.75) is 31.8 Å². The Bertz CT molecular complexity index is 944.